The molecular formula is C14H8BrClN4O2S. The van der Waals surface area contributed by atoms with E-state index in [1.807, 2.05) is 12.1 Å². The number of nitrogens with two attached hydrogens (primary N) is 1. The normalized spacial score (nSPS) is 10.7. The molecule has 0 atom stereocenters. The van der Waals surface area contributed by atoms with Crippen molar-refractivity contribution in [1.29, 1.82) is 0 Å². The van der Waals surface area contributed by atoms with Crippen LogP contribution >= 0.6 is 39.3 Å². The minimum Gasteiger partial charge on any atom is -0.444 e. The minimum atomic E-state index is -0.660. The maximum Gasteiger partial charge on any atom is 0.270 e. The molecular weight excluding hydrogens is 404 g/mol. The number of carbonyl (C=O) groups is 1. The fourth-order valence-electron chi connectivity index (χ4n) is 1.73. The monoisotopic (exact) mass is 410 g/mol. The molecule has 0 radical (unpaired) electrons. The lowest BCUT2D eigenvalue weighted by Crippen LogP contribution is -2.10. The summed E-state index contributed by atoms with van der Waals surface area (Å²) in [5, 5.41) is 1.14. The number of benzene rings is 1. The Morgan fingerprint density at radius 3 is 2.78 bits per heavy atom. The van der Waals surface area contributed by atoms with Gasteiger partial charge in [-0.25, -0.2) is 15.0 Å². The molecule has 0 unspecified atom stereocenters. The van der Waals surface area contributed by atoms with Crippen molar-refractivity contribution in [3.8, 4) is 11.5 Å². The number of halogens is 2. The number of rotatable bonds is 4. The SMILES string of the molecule is NC(=O)c1coc(-c2cccc(Sc3cnc(Br)cn3)c2Cl)n1. The molecule has 0 saturated heterocycles. The lowest BCUT2D eigenvalue weighted by atomic mass is 10.2. The molecule has 0 spiro atoms. The third-order valence-electron chi connectivity index (χ3n) is 2.76. The molecule has 3 rings (SSSR count). The summed E-state index contributed by atoms with van der Waals surface area (Å²) in [5.41, 5.74) is 5.78. The van der Waals surface area contributed by atoms with Crippen molar-refractivity contribution in [3.63, 3.8) is 0 Å². The smallest absolute Gasteiger partial charge is 0.270 e. The molecule has 6 nitrogen and oxygen atoms in total. The van der Waals surface area contributed by atoms with E-state index in [-0.39, 0.29) is 11.6 Å². The highest BCUT2D eigenvalue weighted by Gasteiger charge is 2.16. The van der Waals surface area contributed by atoms with Crippen LogP contribution in [0.5, 0.6) is 0 Å². The molecule has 2 N–H and O–H groups in total. The van der Waals surface area contributed by atoms with E-state index in [0.717, 1.165) is 4.90 Å². The van der Waals surface area contributed by atoms with Crippen LogP contribution in [0.4, 0.5) is 0 Å². The van der Waals surface area contributed by atoms with Gasteiger partial charge in [-0.2, -0.15) is 0 Å². The summed E-state index contributed by atoms with van der Waals surface area (Å²) < 4.78 is 5.93. The van der Waals surface area contributed by atoms with Gasteiger partial charge in [0.2, 0.25) is 5.89 Å². The van der Waals surface area contributed by atoms with Crippen molar-refractivity contribution in [2.45, 2.75) is 9.92 Å². The Morgan fingerprint density at radius 1 is 1.30 bits per heavy atom. The quantitative estimate of drug-likeness (QED) is 0.701. The van der Waals surface area contributed by atoms with E-state index >= 15 is 0 Å². The van der Waals surface area contributed by atoms with Crippen LogP contribution in [-0.2, 0) is 0 Å². The first-order valence-corrected chi connectivity index (χ1v) is 8.23. The molecule has 2 aromatic heterocycles. The molecule has 0 saturated carbocycles. The Labute approximate surface area is 148 Å². The number of hydrogen-bond acceptors (Lipinski definition) is 6. The second kappa shape index (κ2) is 6.69. The van der Waals surface area contributed by atoms with E-state index in [1.54, 1.807) is 18.5 Å². The van der Waals surface area contributed by atoms with E-state index < -0.39 is 5.91 Å². The standard InChI is InChI=1S/C14H8BrClN4O2S/c15-10-4-19-11(5-18-10)23-9-3-1-2-7(12(9)16)14-20-8(6-22-14)13(17)21/h1-6H,(H2,17,21). The average Bonchev–Trinajstić information content (AvgIpc) is 3.01. The lowest BCUT2D eigenvalue weighted by Gasteiger charge is -2.06. The highest BCUT2D eigenvalue weighted by atomic mass is 79.9. The van der Waals surface area contributed by atoms with E-state index in [4.69, 9.17) is 21.8 Å². The van der Waals surface area contributed by atoms with Crippen molar-refractivity contribution in [2.24, 2.45) is 5.73 Å². The molecule has 0 aliphatic heterocycles. The number of oxazole rings is 1. The molecule has 0 aliphatic rings. The number of primary amides is 1. The third kappa shape index (κ3) is 3.54. The van der Waals surface area contributed by atoms with E-state index in [2.05, 4.69) is 30.9 Å². The molecule has 116 valence electrons. The summed E-state index contributed by atoms with van der Waals surface area (Å²) in [6, 6.07) is 5.40. The van der Waals surface area contributed by atoms with Gasteiger partial charge < -0.3 is 10.2 Å². The van der Waals surface area contributed by atoms with Crippen LogP contribution < -0.4 is 5.73 Å². The first-order chi connectivity index (χ1) is 11.0. The van der Waals surface area contributed by atoms with Crippen LogP contribution in [0.25, 0.3) is 11.5 Å². The first-order valence-electron chi connectivity index (χ1n) is 6.24. The molecule has 0 fully saturated rings. The van der Waals surface area contributed by atoms with Gasteiger partial charge in [0.05, 0.1) is 23.0 Å². The fourth-order valence-corrected chi connectivity index (χ4v) is 3.04. The first kappa shape index (κ1) is 16.0. The van der Waals surface area contributed by atoms with Gasteiger partial charge in [0.1, 0.15) is 15.9 Å². The molecule has 1 amide bonds. The zero-order valence-electron chi connectivity index (χ0n) is 11.4. The maximum atomic E-state index is 11.1. The molecule has 23 heavy (non-hydrogen) atoms. The zero-order chi connectivity index (χ0) is 16.4. The van der Waals surface area contributed by atoms with Gasteiger partial charge in [-0.1, -0.05) is 29.4 Å². The number of nitrogens with zero attached hydrogens (tertiary/aromatic N) is 3. The van der Waals surface area contributed by atoms with Crippen molar-refractivity contribution in [3.05, 3.63) is 52.2 Å². The molecule has 3 aromatic rings. The van der Waals surface area contributed by atoms with Crippen LogP contribution in [0.2, 0.25) is 5.02 Å². The van der Waals surface area contributed by atoms with Gasteiger partial charge >= 0.3 is 0 Å². The second-order valence-corrected chi connectivity index (χ2v) is 6.55. The van der Waals surface area contributed by atoms with Crippen LogP contribution in [-0.4, -0.2) is 20.9 Å². The third-order valence-corrected chi connectivity index (χ3v) is 4.67. The number of amides is 1. The Balaban J connectivity index is 1.94. The summed E-state index contributed by atoms with van der Waals surface area (Å²) in [6.45, 7) is 0. The van der Waals surface area contributed by atoms with Crippen LogP contribution in [0, 0.1) is 0 Å². The Morgan fingerprint density at radius 2 is 2.13 bits per heavy atom. The molecule has 0 aliphatic carbocycles. The zero-order valence-corrected chi connectivity index (χ0v) is 14.5. The highest BCUT2D eigenvalue weighted by molar-refractivity contribution is 9.10. The van der Waals surface area contributed by atoms with E-state index in [1.165, 1.54) is 18.0 Å². The Kier molecular flexibility index (Phi) is 4.65. The molecule has 9 heteroatoms. The van der Waals surface area contributed by atoms with Gasteiger partial charge in [0.15, 0.2) is 5.69 Å². The minimum absolute atomic E-state index is 0.0490. The number of aromatic nitrogens is 3. The van der Waals surface area contributed by atoms with Crippen molar-refractivity contribution in [2.75, 3.05) is 0 Å². The molecule has 1 aromatic carbocycles. The average molecular weight is 412 g/mol. The summed E-state index contributed by atoms with van der Waals surface area (Å²) in [5.74, 6) is -0.431. The molecule has 0 bridgehead atoms. The lowest BCUT2D eigenvalue weighted by molar-refractivity contribution is 0.0995. The van der Waals surface area contributed by atoms with Crippen LogP contribution in [0.1, 0.15) is 10.5 Å². The van der Waals surface area contributed by atoms with Crippen molar-refractivity contribution < 1.29 is 9.21 Å². The van der Waals surface area contributed by atoms with E-state index in [0.29, 0.717) is 20.2 Å². The van der Waals surface area contributed by atoms with Gasteiger partial charge in [-0.15, -0.1) is 0 Å². The van der Waals surface area contributed by atoms with Gasteiger partial charge in [0, 0.05) is 4.90 Å². The summed E-state index contributed by atoms with van der Waals surface area (Å²) in [6.07, 6.45) is 4.44. The summed E-state index contributed by atoms with van der Waals surface area (Å²) in [7, 11) is 0. The van der Waals surface area contributed by atoms with E-state index in [9.17, 15) is 4.79 Å². The largest absolute Gasteiger partial charge is 0.444 e. The van der Waals surface area contributed by atoms with Crippen molar-refractivity contribution >= 4 is 45.2 Å². The van der Waals surface area contributed by atoms with Gasteiger partial charge in [-0.3, -0.25) is 4.79 Å². The summed E-state index contributed by atoms with van der Waals surface area (Å²) in [4.78, 5) is 24.3. The fraction of sp³-hybridized carbons (Fsp3) is 0. The predicted octanol–water partition coefficient (Wildman–Crippen LogP) is 3.80. The Bertz CT molecular complexity index is 869. The van der Waals surface area contributed by atoms with Crippen LogP contribution in [0.15, 0.2) is 55.8 Å². The van der Waals surface area contributed by atoms with Crippen LogP contribution in [0.3, 0.4) is 0 Å². The maximum absolute atomic E-state index is 11.1. The summed E-state index contributed by atoms with van der Waals surface area (Å²) >= 11 is 11.0. The molecule has 2 heterocycles. The number of carbonyl (C=O) groups excluding carboxylic acids is 1. The Hall–Kier alpha value is -1.90. The predicted molar refractivity (Wildman–Crippen MR) is 89.3 cm³/mol. The van der Waals surface area contributed by atoms with Crippen molar-refractivity contribution in [1.82, 2.24) is 15.0 Å². The topological polar surface area (TPSA) is 94.9 Å². The highest BCUT2D eigenvalue weighted by Crippen LogP contribution is 2.38. The number of hydrogen-bond donors (Lipinski definition) is 1. The second-order valence-electron chi connectivity index (χ2n) is 4.30. The van der Waals surface area contributed by atoms with Gasteiger partial charge in [0.25, 0.3) is 5.91 Å². The van der Waals surface area contributed by atoms with Gasteiger partial charge in [-0.05, 0) is 28.1 Å².